The normalized spacial score (nSPS) is 12.9. The fraction of sp³-hybridized carbons (Fsp3) is 0.250. The second-order valence-corrected chi connectivity index (χ2v) is 4.54. The van der Waals surface area contributed by atoms with Gasteiger partial charge in [0.15, 0.2) is 4.77 Å². The van der Waals surface area contributed by atoms with Gasteiger partial charge in [0.2, 0.25) is 6.04 Å². The van der Waals surface area contributed by atoms with Gasteiger partial charge in [-0.05, 0) is 24.4 Å². The van der Waals surface area contributed by atoms with Crippen LogP contribution in [0.5, 0.6) is 0 Å². The lowest BCUT2D eigenvalue weighted by molar-refractivity contribution is -0.274. The van der Waals surface area contributed by atoms with Crippen molar-refractivity contribution in [3.8, 4) is 5.69 Å². The number of imidazole rings is 1. The first-order chi connectivity index (χ1) is 9.62. The number of alkyl halides is 6. The lowest BCUT2D eigenvalue weighted by atomic mass is 10.3. The smallest absolute Gasteiger partial charge is 0.303 e. The van der Waals surface area contributed by atoms with E-state index in [0.29, 0.717) is 11.9 Å². The SMILES string of the molecule is FC(F)(F)C(n1ccn(-c2ccccc2)c1=S)C(F)(F)F. The number of hydrogen-bond acceptors (Lipinski definition) is 1. The summed E-state index contributed by atoms with van der Waals surface area (Å²) in [5.74, 6) is 0. The minimum Gasteiger partial charge on any atom is -0.303 e. The lowest BCUT2D eigenvalue weighted by Crippen LogP contribution is -2.38. The van der Waals surface area contributed by atoms with Gasteiger partial charge in [-0.1, -0.05) is 18.2 Å². The van der Waals surface area contributed by atoms with Gasteiger partial charge in [-0.25, -0.2) is 0 Å². The van der Waals surface area contributed by atoms with Gasteiger partial charge in [0.05, 0.1) is 0 Å². The van der Waals surface area contributed by atoms with Crippen LogP contribution in [0, 0.1) is 4.77 Å². The molecule has 9 heteroatoms. The van der Waals surface area contributed by atoms with E-state index < -0.39 is 23.2 Å². The molecule has 0 unspecified atom stereocenters. The molecule has 2 nitrogen and oxygen atoms in total. The predicted molar refractivity (Wildman–Crippen MR) is 65.7 cm³/mol. The molecule has 0 N–H and O–H groups in total. The Bertz CT molecular complexity index is 654. The fourth-order valence-electron chi connectivity index (χ4n) is 1.87. The highest BCUT2D eigenvalue weighted by Crippen LogP contribution is 2.43. The van der Waals surface area contributed by atoms with Crippen LogP contribution < -0.4 is 0 Å². The van der Waals surface area contributed by atoms with Crippen LogP contribution in [0.3, 0.4) is 0 Å². The van der Waals surface area contributed by atoms with Crippen LogP contribution in [0.25, 0.3) is 5.69 Å². The molecule has 0 fully saturated rings. The van der Waals surface area contributed by atoms with Gasteiger partial charge in [0, 0.05) is 18.1 Å². The van der Waals surface area contributed by atoms with E-state index in [1.165, 1.54) is 12.1 Å². The number of nitrogens with zero attached hydrogens (tertiary/aromatic N) is 2. The Morgan fingerprint density at radius 1 is 0.857 bits per heavy atom. The summed E-state index contributed by atoms with van der Waals surface area (Å²) < 4.78 is 76.7. The summed E-state index contributed by atoms with van der Waals surface area (Å²) in [4.78, 5) is 0. The molecule has 1 aromatic heterocycles. The van der Waals surface area contributed by atoms with E-state index in [2.05, 4.69) is 0 Å². The van der Waals surface area contributed by atoms with Crippen LogP contribution in [0.1, 0.15) is 6.04 Å². The number of aromatic nitrogens is 2. The summed E-state index contributed by atoms with van der Waals surface area (Å²) in [6, 6.07) is 4.24. The number of hydrogen-bond donors (Lipinski definition) is 0. The van der Waals surface area contributed by atoms with Crippen molar-refractivity contribution in [2.45, 2.75) is 18.4 Å². The van der Waals surface area contributed by atoms with Crippen molar-refractivity contribution in [3.05, 3.63) is 47.5 Å². The highest BCUT2D eigenvalue weighted by atomic mass is 32.1. The quantitative estimate of drug-likeness (QED) is 0.576. The van der Waals surface area contributed by atoms with Crippen LogP contribution in [0.2, 0.25) is 0 Å². The minimum absolute atomic E-state index is 0.00231. The topological polar surface area (TPSA) is 9.86 Å². The van der Waals surface area contributed by atoms with Crippen LogP contribution in [0.15, 0.2) is 42.7 Å². The second-order valence-electron chi connectivity index (χ2n) is 4.18. The van der Waals surface area contributed by atoms with Crippen molar-refractivity contribution >= 4 is 12.2 Å². The van der Waals surface area contributed by atoms with Gasteiger partial charge < -0.3 is 4.57 Å². The monoisotopic (exact) mass is 326 g/mol. The average molecular weight is 326 g/mol. The van der Waals surface area contributed by atoms with Gasteiger partial charge in [-0.2, -0.15) is 26.3 Å². The summed E-state index contributed by atoms with van der Waals surface area (Å²) in [6.45, 7) is 0. The van der Waals surface area contributed by atoms with Crippen molar-refractivity contribution in [1.82, 2.24) is 9.13 Å². The second kappa shape index (κ2) is 5.21. The Hall–Kier alpha value is -1.77. The third kappa shape index (κ3) is 3.12. The zero-order valence-electron chi connectivity index (χ0n) is 10.2. The molecule has 0 aliphatic heterocycles. The molecule has 0 atom stereocenters. The van der Waals surface area contributed by atoms with Crippen molar-refractivity contribution in [2.75, 3.05) is 0 Å². The van der Waals surface area contributed by atoms with Gasteiger partial charge >= 0.3 is 12.4 Å². The molecule has 2 aromatic rings. The maximum absolute atomic E-state index is 12.7. The van der Waals surface area contributed by atoms with E-state index in [1.54, 1.807) is 18.2 Å². The first-order valence-electron chi connectivity index (χ1n) is 5.60. The molecule has 21 heavy (non-hydrogen) atoms. The van der Waals surface area contributed by atoms with E-state index in [9.17, 15) is 26.3 Å². The molecular weight excluding hydrogens is 318 g/mol. The molecule has 0 saturated carbocycles. The molecule has 0 aliphatic rings. The van der Waals surface area contributed by atoms with Crippen LogP contribution in [-0.2, 0) is 0 Å². The maximum atomic E-state index is 12.7. The molecule has 0 radical (unpaired) electrons. The maximum Gasteiger partial charge on any atom is 0.418 e. The van der Waals surface area contributed by atoms with Crippen LogP contribution in [0.4, 0.5) is 26.3 Å². The molecule has 0 spiro atoms. The minimum atomic E-state index is -5.49. The zero-order valence-corrected chi connectivity index (χ0v) is 11.0. The van der Waals surface area contributed by atoms with Crippen molar-refractivity contribution in [2.24, 2.45) is 0 Å². The zero-order chi connectivity index (χ0) is 15.8. The number of halogens is 6. The van der Waals surface area contributed by atoms with Crippen LogP contribution in [-0.4, -0.2) is 21.5 Å². The summed E-state index contributed by atoms with van der Waals surface area (Å²) in [5.41, 5.74) is 0.379. The van der Waals surface area contributed by atoms with Gasteiger partial charge in [-0.3, -0.25) is 4.57 Å². The highest BCUT2D eigenvalue weighted by Gasteiger charge is 2.58. The molecule has 0 bridgehead atoms. The number of benzene rings is 1. The first kappa shape index (κ1) is 15.6. The molecule has 114 valence electrons. The summed E-state index contributed by atoms with van der Waals surface area (Å²) in [5, 5.41) is 0. The molecule has 0 amide bonds. The Balaban J connectivity index is 2.56. The molecule has 1 aromatic carbocycles. The molecule has 0 saturated heterocycles. The highest BCUT2D eigenvalue weighted by molar-refractivity contribution is 7.71. The number of rotatable bonds is 2. The first-order valence-corrected chi connectivity index (χ1v) is 6.01. The summed E-state index contributed by atoms with van der Waals surface area (Å²) in [7, 11) is 0. The van der Waals surface area contributed by atoms with Gasteiger partial charge in [0.25, 0.3) is 0 Å². The summed E-state index contributed by atoms with van der Waals surface area (Å²) in [6.07, 6.45) is -9.22. The standard InChI is InChI=1S/C12H8F6N2S/c13-11(14,15)9(12(16,17)18)20-7-6-19(10(20)21)8-4-2-1-3-5-8/h1-7,9H. The Morgan fingerprint density at radius 2 is 1.38 bits per heavy atom. The largest absolute Gasteiger partial charge is 0.418 e. The van der Waals surface area contributed by atoms with E-state index in [1.807, 2.05) is 0 Å². The Morgan fingerprint density at radius 3 is 1.86 bits per heavy atom. The van der Waals surface area contributed by atoms with Gasteiger partial charge in [0.1, 0.15) is 0 Å². The molecular formula is C12H8F6N2S. The third-order valence-electron chi connectivity index (χ3n) is 2.74. The van der Waals surface area contributed by atoms with E-state index >= 15 is 0 Å². The van der Waals surface area contributed by atoms with Crippen molar-refractivity contribution in [1.29, 1.82) is 0 Å². The van der Waals surface area contributed by atoms with Gasteiger partial charge in [-0.15, -0.1) is 0 Å². The van der Waals surface area contributed by atoms with E-state index in [-0.39, 0.29) is 4.57 Å². The number of para-hydroxylation sites is 1. The molecule has 1 heterocycles. The van der Waals surface area contributed by atoms with Crippen molar-refractivity contribution < 1.29 is 26.3 Å². The average Bonchev–Trinajstić information content (AvgIpc) is 2.69. The lowest BCUT2D eigenvalue weighted by Gasteiger charge is -2.24. The third-order valence-corrected chi connectivity index (χ3v) is 3.14. The van der Waals surface area contributed by atoms with E-state index in [0.717, 1.165) is 10.8 Å². The van der Waals surface area contributed by atoms with Crippen LogP contribution >= 0.6 is 12.2 Å². The van der Waals surface area contributed by atoms with E-state index in [4.69, 9.17) is 12.2 Å². The predicted octanol–water partition coefficient (Wildman–Crippen LogP) is 4.67. The summed E-state index contributed by atoms with van der Waals surface area (Å²) >= 11 is 4.75. The fourth-order valence-corrected chi connectivity index (χ4v) is 2.21. The molecule has 0 aliphatic carbocycles. The van der Waals surface area contributed by atoms with Crippen molar-refractivity contribution in [3.63, 3.8) is 0 Å². The molecule has 2 rings (SSSR count). The Labute approximate surface area is 120 Å². The Kier molecular flexibility index (Phi) is 3.87.